The zero-order chi connectivity index (χ0) is 16.1. The van der Waals surface area contributed by atoms with Crippen molar-refractivity contribution in [3.8, 4) is 6.07 Å². The van der Waals surface area contributed by atoms with Gasteiger partial charge in [-0.3, -0.25) is 9.89 Å². The van der Waals surface area contributed by atoms with Gasteiger partial charge in [0.2, 0.25) is 11.1 Å². The van der Waals surface area contributed by atoms with E-state index in [0.717, 1.165) is 37.9 Å². The Morgan fingerprint density at radius 3 is 3.04 bits per heavy atom. The first-order chi connectivity index (χ1) is 11.2. The van der Waals surface area contributed by atoms with Gasteiger partial charge in [-0.15, -0.1) is 16.4 Å². The lowest BCUT2D eigenvalue weighted by Gasteiger charge is -2.21. The van der Waals surface area contributed by atoms with Crippen molar-refractivity contribution in [3.63, 3.8) is 0 Å². The highest BCUT2D eigenvalue weighted by Gasteiger charge is 2.35. The molecule has 0 bridgehead atoms. The summed E-state index contributed by atoms with van der Waals surface area (Å²) in [7, 11) is 0. The van der Waals surface area contributed by atoms with Crippen molar-refractivity contribution < 1.29 is 4.79 Å². The van der Waals surface area contributed by atoms with Crippen LogP contribution >= 0.6 is 23.1 Å². The fraction of sp³-hybridized carbons (Fsp3) is 0.467. The predicted molar refractivity (Wildman–Crippen MR) is 89.2 cm³/mol. The van der Waals surface area contributed by atoms with Gasteiger partial charge in [0.25, 0.3) is 0 Å². The van der Waals surface area contributed by atoms with Crippen molar-refractivity contribution in [1.82, 2.24) is 20.5 Å². The van der Waals surface area contributed by atoms with Crippen LogP contribution in [0.5, 0.6) is 0 Å². The molecule has 0 atom stereocenters. The van der Waals surface area contributed by atoms with E-state index in [1.165, 1.54) is 16.6 Å². The van der Waals surface area contributed by atoms with Crippen LogP contribution in [-0.4, -0.2) is 32.4 Å². The van der Waals surface area contributed by atoms with E-state index in [9.17, 15) is 10.1 Å². The van der Waals surface area contributed by atoms with Crippen molar-refractivity contribution in [1.29, 1.82) is 5.26 Å². The number of rotatable bonds is 6. The normalized spacial score (nSPS) is 16.1. The molecule has 1 saturated carbocycles. The van der Waals surface area contributed by atoms with Gasteiger partial charge in [0, 0.05) is 11.3 Å². The first kappa shape index (κ1) is 16.0. The van der Waals surface area contributed by atoms with E-state index >= 15 is 0 Å². The molecule has 2 heterocycles. The second-order valence-corrected chi connectivity index (χ2v) is 7.53. The molecule has 120 valence electrons. The second kappa shape index (κ2) is 7.15. The van der Waals surface area contributed by atoms with Crippen molar-refractivity contribution in [3.05, 3.63) is 28.2 Å². The minimum atomic E-state index is -0.666. The molecule has 0 unspecified atom stereocenters. The molecule has 0 aromatic carbocycles. The monoisotopic (exact) mass is 347 g/mol. The van der Waals surface area contributed by atoms with E-state index in [2.05, 4.69) is 32.6 Å². The van der Waals surface area contributed by atoms with Crippen molar-refractivity contribution in [2.75, 3.05) is 5.75 Å². The van der Waals surface area contributed by atoms with E-state index in [0.29, 0.717) is 5.16 Å². The Bertz CT molecular complexity index is 698. The summed E-state index contributed by atoms with van der Waals surface area (Å²) in [6, 6.07) is 6.31. The molecule has 2 aromatic rings. The highest BCUT2D eigenvalue weighted by Crippen LogP contribution is 2.29. The van der Waals surface area contributed by atoms with E-state index in [1.807, 2.05) is 11.4 Å². The maximum Gasteiger partial charge on any atom is 0.231 e. The number of thioether (sulfide) groups is 1. The van der Waals surface area contributed by atoms with Gasteiger partial charge in [0.15, 0.2) is 0 Å². The first-order valence-corrected chi connectivity index (χ1v) is 9.34. The highest BCUT2D eigenvalue weighted by atomic mass is 32.2. The van der Waals surface area contributed by atoms with Crippen LogP contribution in [0.15, 0.2) is 22.7 Å². The number of aromatic amines is 1. The lowest BCUT2D eigenvalue weighted by atomic mass is 10.0. The van der Waals surface area contributed by atoms with Gasteiger partial charge in [-0.25, -0.2) is 4.98 Å². The third-order valence-electron chi connectivity index (χ3n) is 3.82. The maximum atomic E-state index is 12.1. The molecule has 1 aliphatic rings. The summed E-state index contributed by atoms with van der Waals surface area (Å²) in [6.45, 7) is 0. The van der Waals surface area contributed by atoms with Gasteiger partial charge in [-0.1, -0.05) is 17.8 Å². The summed E-state index contributed by atoms with van der Waals surface area (Å²) < 4.78 is 0. The minimum absolute atomic E-state index is 0.136. The average molecular weight is 347 g/mol. The summed E-state index contributed by atoms with van der Waals surface area (Å²) in [5.74, 6) is 0.877. The van der Waals surface area contributed by atoms with Gasteiger partial charge >= 0.3 is 0 Å². The largest absolute Gasteiger partial charge is 0.337 e. The van der Waals surface area contributed by atoms with Gasteiger partial charge in [-0.05, 0) is 37.1 Å². The molecule has 3 rings (SSSR count). The van der Waals surface area contributed by atoms with Crippen LogP contribution in [0.3, 0.4) is 0 Å². The average Bonchev–Trinajstić information content (AvgIpc) is 3.28. The number of nitrogens with one attached hydrogen (secondary N) is 2. The van der Waals surface area contributed by atoms with E-state index in [1.54, 1.807) is 11.3 Å². The summed E-state index contributed by atoms with van der Waals surface area (Å²) in [4.78, 5) is 17.7. The van der Waals surface area contributed by atoms with Crippen LogP contribution in [0, 0.1) is 11.3 Å². The molecule has 0 aliphatic heterocycles. The Morgan fingerprint density at radius 2 is 2.35 bits per heavy atom. The molecule has 0 radical (unpaired) electrons. The summed E-state index contributed by atoms with van der Waals surface area (Å²) in [6.07, 6.45) is 4.19. The van der Waals surface area contributed by atoms with Crippen LogP contribution in [0.1, 0.15) is 36.4 Å². The molecule has 0 saturated heterocycles. The lowest BCUT2D eigenvalue weighted by Crippen LogP contribution is -2.45. The Morgan fingerprint density at radius 1 is 1.52 bits per heavy atom. The predicted octanol–water partition coefficient (Wildman–Crippen LogP) is 2.50. The molecule has 1 amide bonds. The van der Waals surface area contributed by atoms with Crippen molar-refractivity contribution in [2.24, 2.45) is 0 Å². The van der Waals surface area contributed by atoms with Crippen LogP contribution < -0.4 is 5.32 Å². The number of nitrogens with zero attached hydrogens (tertiary/aromatic N) is 3. The molecule has 1 fully saturated rings. The third-order valence-corrected chi connectivity index (χ3v) is 5.54. The zero-order valence-electron chi connectivity index (χ0n) is 12.5. The number of amides is 1. The van der Waals surface area contributed by atoms with Crippen molar-refractivity contribution in [2.45, 2.75) is 42.8 Å². The number of aromatic nitrogens is 3. The van der Waals surface area contributed by atoms with E-state index in [-0.39, 0.29) is 11.7 Å². The minimum Gasteiger partial charge on any atom is -0.337 e. The zero-order valence-corrected chi connectivity index (χ0v) is 14.2. The third kappa shape index (κ3) is 4.12. The number of nitriles is 1. The molecule has 6 nitrogen and oxygen atoms in total. The molecule has 2 N–H and O–H groups in total. The Kier molecular flexibility index (Phi) is 4.98. The number of hydrogen-bond donors (Lipinski definition) is 2. The number of carbonyl (C=O) groups excluding carboxylic acids is 1. The first-order valence-electron chi connectivity index (χ1n) is 7.48. The molecule has 8 heteroatoms. The number of carbonyl (C=O) groups is 1. The Hall–Kier alpha value is -1.85. The van der Waals surface area contributed by atoms with E-state index < -0.39 is 5.54 Å². The fourth-order valence-electron chi connectivity index (χ4n) is 2.68. The maximum absolute atomic E-state index is 12.1. The summed E-state index contributed by atoms with van der Waals surface area (Å²) in [5.41, 5.74) is -0.666. The van der Waals surface area contributed by atoms with Crippen LogP contribution in [-0.2, 0) is 11.2 Å². The van der Waals surface area contributed by atoms with E-state index in [4.69, 9.17) is 0 Å². The lowest BCUT2D eigenvalue weighted by molar-refractivity contribution is -0.119. The van der Waals surface area contributed by atoms with Gasteiger partial charge < -0.3 is 5.32 Å². The summed E-state index contributed by atoms with van der Waals surface area (Å²) in [5, 5.41) is 21.8. The summed E-state index contributed by atoms with van der Waals surface area (Å²) >= 11 is 2.96. The van der Waals surface area contributed by atoms with Crippen molar-refractivity contribution >= 4 is 29.0 Å². The second-order valence-electron chi connectivity index (χ2n) is 5.56. The number of H-pyrrole nitrogens is 1. The van der Waals surface area contributed by atoms with Gasteiger partial charge in [0.1, 0.15) is 11.4 Å². The van der Waals surface area contributed by atoms with Crippen LogP contribution in [0.25, 0.3) is 0 Å². The highest BCUT2D eigenvalue weighted by molar-refractivity contribution is 7.99. The number of hydrogen-bond acceptors (Lipinski definition) is 6. The molecule has 1 aliphatic carbocycles. The Balaban J connectivity index is 1.49. The molecule has 0 spiro atoms. The standard InChI is InChI=1S/C15H17N5OS2/c16-10-15(5-1-2-6-15)18-13(21)9-23-14-17-12(19-20-14)8-11-4-3-7-22-11/h3-4,7H,1-2,5-6,8-9H2,(H,18,21)(H,17,19,20). The molecular weight excluding hydrogens is 330 g/mol. The Labute approximate surface area is 142 Å². The molecule has 23 heavy (non-hydrogen) atoms. The molecular formula is C15H17N5OS2. The topological polar surface area (TPSA) is 94.5 Å². The number of thiophene rings is 1. The fourth-order valence-corrected chi connectivity index (χ4v) is 4.00. The quantitative estimate of drug-likeness (QED) is 0.783. The smallest absolute Gasteiger partial charge is 0.231 e. The molecule has 2 aromatic heterocycles. The van der Waals surface area contributed by atoms with Gasteiger partial charge in [0.05, 0.1) is 11.8 Å². The van der Waals surface area contributed by atoms with Gasteiger partial charge in [-0.2, -0.15) is 5.26 Å². The van der Waals surface area contributed by atoms with Crippen LogP contribution in [0.4, 0.5) is 0 Å². The SMILES string of the molecule is N#CC1(NC(=O)CSc2n[nH]c(Cc3cccs3)n2)CCCC1. The van der Waals surface area contributed by atoms with Crippen LogP contribution in [0.2, 0.25) is 0 Å².